The van der Waals surface area contributed by atoms with Crippen molar-refractivity contribution in [1.29, 1.82) is 0 Å². The van der Waals surface area contributed by atoms with Gasteiger partial charge in [-0.15, -0.1) is 0 Å². The molecular weight excluding hydrogens is 256 g/mol. The van der Waals surface area contributed by atoms with Crippen LogP contribution in [0.2, 0.25) is 0 Å². The Morgan fingerprint density at radius 3 is 2.37 bits per heavy atom. The lowest BCUT2D eigenvalue weighted by Crippen LogP contribution is -2.45. The van der Waals surface area contributed by atoms with E-state index in [9.17, 15) is 13.6 Å². The highest BCUT2D eigenvalue weighted by Crippen LogP contribution is 2.25. The molecule has 0 aliphatic rings. The van der Waals surface area contributed by atoms with E-state index in [0.29, 0.717) is 5.56 Å². The predicted molar refractivity (Wildman–Crippen MR) is 66.1 cm³/mol. The Morgan fingerprint density at radius 2 is 1.95 bits per heavy atom. The van der Waals surface area contributed by atoms with Gasteiger partial charge in [0.1, 0.15) is 11.3 Å². The summed E-state index contributed by atoms with van der Waals surface area (Å²) in [6.45, 7) is 0.774. The van der Waals surface area contributed by atoms with Crippen molar-refractivity contribution in [3.05, 3.63) is 29.8 Å². The molecule has 0 heterocycles. The summed E-state index contributed by atoms with van der Waals surface area (Å²) in [4.78, 5) is 11.9. The van der Waals surface area contributed by atoms with Gasteiger partial charge in [-0.2, -0.15) is 8.78 Å². The normalized spacial score (nSPS) is 14.0. The maximum atomic E-state index is 12.0. The second kappa shape index (κ2) is 6.47. The maximum Gasteiger partial charge on any atom is 0.387 e. The highest BCUT2D eigenvalue weighted by atomic mass is 19.3. The molecule has 1 atom stereocenters. The molecule has 0 aliphatic heterocycles. The van der Waals surface area contributed by atoms with Gasteiger partial charge < -0.3 is 14.8 Å². The Bertz CT molecular complexity index is 422. The number of nitrogens with one attached hydrogen (secondary N) is 1. The summed E-state index contributed by atoms with van der Waals surface area (Å²) >= 11 is 0. The van der Waals surface area contributed by atoms with E-state index in [0.717, 1.165) is 0 Å². The third-order valence-corrected chi connectivity index (χ3v) is 2.84. The van der Waals surface area contributed by atoms with Crippen molar-refractivity contribution < 1.29 is 23.0 Å². The maximum absolute atomic E-state index is 12.0. The molecule has 19 heavy (non-hydrogen) atoms. The Labute approximate surface area is 110 Å². The van der Waals surface area contributed by atoms with Crippen LogP contribution in [0.15, 0.2) is 24.3 Å². The van der Waals surface area contributed by atoms with Crippen LogP contribution in [-0.4, -0.2) is 26.2 Å². The molecule has 1 aromatic rings. The molecule has 106 valence electrons. The van der Waals surface area contributed by atoms with Crippen LogP contribution in [0.5, 0.6) is 5.75 Å². The molecule has 0 fully saturated rings. The summed E-state index contributed by atoms with van der Waals surface area (Å²) in [5.41, 5.74) is -0.422. The van der Waals surface area contributed by atoms with E-state index in [2.05, 4.69) is 10.1 Å². The van der Waals surface area contributed by atoms with Crippen molar-refractivity contribution >= 4 is 5.97 Å². The number of carbonyl (C=O) groups is 1. The Kier molecular flexibility index (Phi) is 5.23. The average Bonchev–Trinajstić information content (AvgIpc) is 2.38. The van der Waals surface area contributed by atoms with E-state index in [4.69, 9.17) is 4.74 Å². The van der Waals surface area contributed by atoms with E-state index in [1.165, 1.54) is 12.1 Å². The summed E-state index contributed by atoms with van der Waals surface area (Å²) in [6.07, 6.45) is 0. The zero-order valence-corrected chi connectivity index (χ0v) is 11.1. The molecule has 0 saturated heterocycles. The smallest absolute Gasteiger partial charge is 0.387 e. The largest absolute Gasteiger partial charge is 0.464 e. The fourth-order valence-electron chi connectivity index (χ4n) is 1.61. The number of likely N-dealkylation sites (N-methyl/N-ethyl adjacent to an activating group) is 1. The molecule has 1 unspecified atom stereocenters. The Morgan fingerprint density at radius 1 is 1.37 bits per heavy atom. The first kappa shape index (κ1) is 15.4. The molecule has 6 heteroatoms. The topological polar surface area (TPSA) is 47.6 Å². The lowest BCUT2D eigenvalue weighted by Gasteiger charge is -2.27. The quantitative estimate of drug-likeness (QED) is 0.808. The van der Waals surface area contributed by atoms with Gasteiger partial charge >= 0.3 is 12.6 Å². The Hall–Kier alpha value is -1.69. The van der Waals surface area contributed by atoms with Gasteiger partial charge in [0.2, 0.25) is 0 Å². The van der Waals surface area contributed by atoms with Crippen molar-refractivity contribution in [1.82, 2.24) is 5.32 Å². The van der Waals surface area contributed by atoms with Crippen molar-refractivity contribution in [2.24, 2.45) is 0 Å². The molecule has 0 aromatic heterocycles. The van der Waals surface area contributed by atoms with E-state index >= 15 is 0 Å². The van der Waals surface area contributed by atoms with Gasteiger partial charge in [-0.3, -0.25) is 0 Å². The summed E-state index contributed by atoms with van der Waals surface area (Å²) in [5, 5.41) is 2.88. The van der Waals surface area contributed by atoms with Gasteiger partial charge in [0.15, 0.2) is 0 Å². The second-order valence-electron chi connectivity index (χ2n) is 4.00. The van der Waals surface area contributed by atoms with Crippen LogP contribution in [-0.2, 0) is 15.1 Å². The highest BCUT2D eigenvalue weighted by molar-refractivity contribution is 5.82. The number of ether oxygens (including phenoxy) is 2. The van der Waals surface area contributed by atoms with Crippen LogP contribution >= 0.6 is 0 Å². The first-order chi connectivity index (χ1) is 8.93. The number of esters is 1. The van der Waals surface area contributed by atoms with Gasteiger partial charge in [-0.25, -0.2) is 4.79 Å². The fraction of sp³-hybridized carbons (Fsp3) is 0.462. The summed E-state index contributed by atoms with van der Waals surface area (Å²) in [5.74, 6) is -0.388. The van der Waals surface area contributed by atoms with Crippen LogP contribution in [0.25, 0.3) is 0 Å². The molecule has 0 amide bonds. The molecule has 1 aromatic carbocycles. The number of carbonyl (C=O) groups excluding carboxylic acids is 1. The summed E-state index contributed by atoms with van der Waals surface area (Å²) < 4.78 is 33.3. The number of alkyl halides is 2. The molecule has 0 radical (unpaired) electrons. The van der Waals surface area contributed by atoms with Crippen LogP contribution in [0.4, 0.5) is 8.78 Å². The van der Waals surface area contributed by atoms with Gasteiger partial charge in [-0.05, 0) is 38.6 Å². The summed E-state index contributed by atoms with van der Waals surface area (Å²) in [6, 6.07) is 5.86. The minimum Gasteiger partial charge on any atom is -0.464 e. The number of hydrogen-bond donors (Lipinski definition) is 1. The number of rotatable bonds is 6. The van der Waals surface area contributed by atoms with Crippen LogP contribution in [0.1, 0.15) is 19.4 Å². The minimum atomic E-state index is -2.87. The molecule has 0 spiro atoms. The zero-order valence-electron chi connectivity index (χ0n) is 11.1. The van der Waals surface area contributed by atoms with Crippen molar-refractivity contribution in [3.8, 4) is 5.75 Å². The van der Waals surface area contributed by atoms with Gasteiger partial charge in [0, 0.05) is 0 Å². The number of halogens is 2. The highest BCUT2D eigenvalue weighted by Gasteiger charge is 2.35. The van der Waals surface area contributed by atoms with Crippen LogP contribution in [0, 0.1) is 0 Å². The standard InChI is InChI=1S/C13H17F2NO3/c1-4-18-11(17)13(2,16-3)9-5-7-10(8-6-9)19-12(14)15/h5-8,12,16H,4H2,1-3H3. The molecule has 1 rings (SSSR count). The van der Waals surface area contributed by atoms with Gasteiger partial charge in [0.05, 0.1) is 6.61 Å². The second-order valence-corrected chi connectivity index (χ2v) is 4.00. The number of benzene rings is 1. The molecule has 0 saturated carbocycles. The third kappa shape index (κ3) is 3.64. The monoisotopic (exact) mass is 273 g/mol. The predicted octanol–water partition coefficient (Wildman–Crippen LogP) is 2.29. The molecule has 4 nitrogen and oxygen atoms in total. The van der Waals surface area contributed by atoms with E-state index in [-0.39, 0.29) is 12.4 Å². The summed E-state index contributed by atoms with van der Waals surface area (Å²) in [7, 11) is 1.63. The SMILES string of the molecule is CCOC(=O)C(C)(NC)c1ccc(OC(F)F)cc1. The van der Waals surface area contributed by atoms with E-state index in [1.807, 2.05) is 0 Å². The molecule has 0 bridgehead atoms. The number of hydrogen-bond acceptors (Lipinski definition) is 4. The lowest BCUT2D eigenvalue weighted by atomic mass is 9.92. The van der Waals surface area contributed by atoms with E-state index in [1.54, 1.807) is 33.0 Å². The van der Waals surface area contributed by atoms with E-state index < -0.39 is 18.1 Å². The van der Waals surface area contributed by atoms with Crippen LogP contribution in [0.3, 0.4) is 0 Å². The first-order valence-corrected chi connectivity index (χ1v) is 5.85. The minimum absolute atomic E-state index is 0.0426. The Balaban J connectivity index is 2.96. The van der Waals surface area contributed by atoms with Crippen molar-refractivity contribution in [3.63, 3.8) is 0 Å². The van der Waals surface area contributed by atoms with Gasteiger partial charge in [-0.1, -0.05) is 12.1 Å². The van der Waals surface area contributed by atoms with Crippen molar-refractivity contribution in [2.75, 3.05) is 13.7 Å². The molecule has 1 N–H and O–H groups in total. The lowest BCUT2D eigenvalue weighted by molar-refractivity contribution is -0.150. The molecule has 0 aliphatic carbocycles. The first-order valence-electron chi connectivity index (χ1n) is 5.85. The zero-order chi connectivity index (χ0) is 14.5. The third-order valence-electron chi connectivity index (χ3n) is 2.84. The van der Waals surface area contributed by atoms with Crippen molar-refractivity contribution in [2.45, 2.75) is 26.0 Å². The fourth-order valence-corrected chi connectivity index (χ4v) is 1.61. The van der Waals surface area contributed by atoms with Crippen LogP contribution < -0.4 is 10.1 Å². The molecular formula is C13H17F2NO3. The average molecular weight is 273 g/mol. The van der Waals surface area contributed by atoms with Gasteiger partial charge in [0.25, 0.3) is 0 Å².